The second kappa shape index (κ2) is 5.69. The Labute approximate surface area is 108 Å². The minimum Gasteiger partial charge on any atom is -0.398 e. The molecule has 0 unspecified atom stereocenters. The van der Waals surface area contributed by atoms with Crippen molar-refractivity contribution < 1.29 is 4.74 Å². The molecule has 0 saturated heterocycles. The highest BCUT2D eigenvalue weighted by Crippen LogP contribution is 2.27. The Morgan fingerprint density at radius 2 is 1.78 bits per heavy atom. The first-order chi connectivity index (χ1) is 8.70. The first-order valence-corrected chi connectivity index (χ1v) is 6.15. The molecule has 94 valence electrons. The molecule has 0 radical (unpaired) electrons. The van der Waals surface area contributed by atoms with Crippen molar-refractivity contribution in [2.75, 3.05) is 19.5 Å². The van der Waals surface area contributed by atoms with E-state index in [-0.39, 0.29) is 0 Å². The maximum Gasteiger partial charge on any atom is 0.0502 e. The number of methoxy groups -OCH3 is 1. The van der Waals surface area contributed by atoms with E-state index < -0.39 is 0 Å². The fourth-order valence-corrected chi connectivity index (χ4v) is 1.99. The number of hydrogen-bond donors (Lipinski definition) is 1. The molecular formula is C16H19NO. The first kappa shape index (κ1) is 12.7. The van der Waals surface area contributed by atoms with Gasteiger partial charge >= 0.3 is 0 Å². The minimum absolute atomic E-state index is 0.756. The number of ether oxygens (including phenoxy) is 1. The molecule has 2 heteroatoms. The lowest BCUT2D eigenvalue weighted by Crippen LogP contribution is -1.95. The Morgan fingerprint density at radius 1 is 1.06 bits per heavy atom. The van der Waals surface area contributed by atoms with Gasteiger partial charge in [0.1, 0.15) is 0 Å². The van der Waals surface area contributed by atoms with E-state index in [4.69, 9.17) is 10.5 Å². The van der Waals surface area contributed by atoms with Crippen LogP contribution in [0, 0.1) is 6.92 Å². The lowest BCUT2D eigenvalue weighted by Gasteiger charge is -2.08. The van der Waals surface area contributed by atoms with Crippen molar-refractivity contribution in [3.63, 3.8) is 0 Å². The summed E-state index contributed by atoms with van der Waals surface area (Å²) in [4.78, 5) is 0. The fraction of sp³-hybridized carbons (Fsp3) is 0.250. The average Bonchev–Trinajstić information content (AvgIpc) is 2.40. The van der Waals surface area contributed by atoms with Crippen LogP contribution in [0.2, 0.25) is 0 Å². The Morgan fingerprint density at radius 3 is 2.44 bits per heavy atom. The fourth-order valence-electron chi connectivity index (χ4n) is 1.99. The van der Waals surface area contributed by atoms with Crippen LogP contribution in [0.4, 0.5) is 5.69 Å². The van der Waals surface area contributed by atoms with Crippen LogP contribution >= 0.6 is 0 Å². The summed E-state index contributed by atoms with van der Waals surface area (Å²) in [7, 11) is 1.72. The van der Waals surface area contributed by atoms with Crippen LogP contribution in [0.3, 0.4) is 0 Å². The van der Waals surface area contributed by atoms with Gasteiger partial charge in [-0.05, 0) is 36.6 Å². The monoisotopic (exact) mass is 241 g/mol. The zero-order valence-electron chi connectivity index (χ0n) is 10.9. The summed E-state index contributed by atoms with van der Waals surface area (Å²) in [6, 6.07) is 14.6. The first-order valence-electron chi connectivity index (χ1n) is 6.15. The van der Waals surface area contributed by atoms with Gasteiger partial charge in [0.2, 0.25) is 0 Å². The number of hydrogen-bond acceptors (Lipinski definition) is 2. The van der Waals surface area contributed by atoms with Crippen LogP contribution in [0.25, 0.3) is 11.1 Å². The SMILES string of the molecule is COCCc1ccc(-c2cc(C)ccc2N)cc1. The van der Waals surface area contributed by atoms with Gasteiger partial charge in [0.25, 0.3) is 0 Å². The molecule has 2 aromatic rings. The number of aryl methyl sites for hydroxylation is 1. The lowest BCUT2D eigenvalue weighted by molar-refractivity contribution is 0.202. The standard InChI is InChI=1S/C16H19NO/c1-12-3-8-16(17)15(11-12)14-6-4-13(5-7-14)9-10-18-2/h3-8,11H,9-10,17H2,1-2H3. The van der Waals surface area contributed by atoms with E-state index in [1.807, 2.05) is 12.1 Å². The molecule has 2 nitrogen and oxygen atoms in total. The quantitative estimate of drug-likeness (QED) is 0.832. The van der Waals surface area contributed by atoms with E-state index in [1.54, 1.807) is 7.11 Å². The normalized spacial score (nSPS) is 10.6. The zero-order valence-corrected chi connectivity index (χ0v) is 10.9. The van der Waals surface area contributed by atoms with Gasteiger partial charge in [-0.15, -0.1) is 0 Å². The van der Waals surface area contributed by atoms with Gasteiger partial charge in [-0.1, -0.05) is 35.9 Å². The number of nitrogens with two attached hydrogens (primary N) is 1. The van der Waals surface area contributed by atoms with Crippen molar-refractivity contribution in [1.82, 2.24) is 0 Å². The van der Waals surface area contributed by atoms with Crippen molar-refractivity contribution in [1.29, 1.82) is 0 Å². The zero-order chi connectivity index (χ0) is 13.0. The number of anilines is 1. The highest BCUT2D eigenvalue weighted by atomic mass is 16.5. The van der Waals surface area contributed by atoms with E-state index in [9.17, 15) is 0 Å². The molecule has 0 aliphatic heterocycles. The summed E-state index contributed by atoms with van der Waals surface area (Å²) >= 11 is 0. The molecule has 2 N–H and O–H groups in total. The molecule has 0 aliphatic carbocycles. The lowest BCUT2D eigenvalue weighted by atomic mass is 10.00. The van der Waals surface area contributed by atoms with Crippen LogP contribution in [0.1, 0.15) is 11.1 Å². The largest absolute Gasteiger partial charge is 0.398 e. The van der Waals surface area contributed by atoms with Crippen molar-refractivity contribution >= 4 is 5.69 Å². The summed E-state index contributed by atoms with van der Waals surface area (Å²) < 4.78 is 5.08. The van der Waals surface area contributed by atoms with E-state index in [2.05, 4.69) is 37.3 Å². The highest BCUT2D eigenvalue weighted by Gasteiger charge is 2.03. The van der Waals surface area contributed by atoms with E-state index in [1.165, 1.54) is 11.1 Å². The minimum atomic E-state index is 0.756. The van der Waals surface area contributed by atoms with E-state index in [0.29, 0.717) is 0 Å². The van der Waals surface area contributed by atoms with Gasteiger partial charge in [0, 0.05) is 18.4 Å². The molecule has 0 heterocycles. The molecule has 0 aromatic heterocycles. The Bertz CT molecular complexity index is 517. The summed E-state index contributed by atoms with van der Waals surface area (Å²) in [6.07, 6.45) is 0.945. The molecule has 0 bridgehead atoms. The van der Waals surface area contributed by atoms with Gasteiger partial charge in [-0.3, -0.25) is 0 Å². The third kappa shape index (κ3) is 2.90. The molecule has 0 aliphatic rings. The number of rotatable bonds is 4. The molecule has 0 spiro atoms. The molecule has 0 saturated carbocycles. The molecule has 0 amide bonds. The van der Waals surface area contributed by atoms with Gasteiger partial charge in [-0.2, -0.15) is 0 Å². The van der Waals surface area contributed by atoms with Crippen LogP contribution in [-0.4, -0.2) is 13.7 Å². The molecule has 2 aromatic carbocycles. The average molecular weight is 241 g/mol. The topological polar surface area (TPSA) is 35.2 Å². The Hall–Kier alpha value is -1.80. The predicted molar refractivity (Wildman–Crippen MR) is 76.6 cm³/mol. The Balaban J connectivity index is 2.25. The van der Waals surface area contributed by atoms with Crippen LogP contribution < -0.4 is 5.73 Å². The molecular weight excluding hydrogens is 222 g/mol. The van der Waals surface area contributed by atoms with Crippen LogP contribution in [0.15, 0.2) is 42.5 Å². The van der Waals surface area contributed by atoms with Crippen LogP contribution in [-0.2, 0) is 11.2 Å². The third-order valence-corrected chi connectivity index (χ3v) is 3.07. The maximum atomic E-state index is 6.02. The van der Waals surface area contributed by atoms with Crippen LogP contribution in [0.5, 0.6) is 0 Å². The molecule has 0 fully saturated rings. The summed E-state index contributed by atoms with van der Waals surface area (Å²) in [5, 5.41) is 0. The smallest absolute Gasteiger partial charge is 0.0502 e. The maximum absolute atomic E-state index is 6.02. The number of benzene rings is 2. The summed E-state index contributed by atoms with van der Waals surface area (Å²) in [5.41, 5.74) is 11.6. The molecule has 18 heavy (non-hydrogen) atoms. The predicted octanol–water partition coefficient (Wildman–Crippen LogP) is 3.43. The van der Waals surface area contributed by atoms with Gasteiger partial charge in [-0.25, -0.2) is 0 Å². The Kier molecular flexibility index (Phi) is 4.00. The third-order valence-electron chi connectivity index (χ3n) is 3.07. The van der Waals surface area contributed by atoms with Gasteiger partial charge < -0.3 is 10.5 Å². The van der Waals surface area contributed by atoms with Crippen molar-refractivity contribution in [2.24, 2.45) is 0 Å². The summed E-state index contributed by atoms with van der Waals surface area (Å²) in [5.74, 6) is 0. The molecule has 2 rings (SSSR count). The molecule has 0 atom stereocenters. The van der Waals surface area contributed by atoms with E-state index in [0.717, 1.165) is 29.8 Å². The van der Waals surface area contributed by atoms with Crippen molar-refractivity contribution in [3.8, 4) is 11.1 Å². The highest BCUT2D eigenvalue weighted by molar-refractivity contribution is 5.76. The van der Waals surface area contributed by atoms with Crippen molar-refractivity contribution in [3.05, 3.63) is 53.6 Å². The van der Waals surface area contributed by atoms with Gasteiger partial charge in [0.05, 0.1) is 6.61 Å². The number of nitrogen functional groups attached to an aromatic ring is 1. The van der Waals surface area contributed by atoms with E-state index >= 15 is 0 Å². The second-order valence-electron chi connectivity index (χ2n) is 4.53. The summed E-state index contributed by atoms with van der Waals surface area (Å²) in [6.45, 7) is 2.84. The second-order valence-corrected chi connectivity index (χ2v) is 4.53. The van der Waals surface area contributed by atoms with Crippen molar-refractivity contribution in [2.45, 2.75) is 13.3 Å². The van der Waals surface area contributed by atoms with Gasteiger partial charge in [0.15, 0.2) is 0 Å².